The highest BCUT2D eigenvalue weighted by molar-refractivity contribution is 5.93. The fraction of sp³-hybridized carbons (Fsp3) is 0.375. The van der Waals surface area contributed by atoms with E-state index in [-0.39, 0.29) is 11.9 Å². The summed E-state index contributed by atoms with van der Waals surface area (Å²) in [7, 11) is 8.12. The first-order valence-electron chi connectivity index (χ1n) is 9.92. The van der Waals surface area contributed by atoms with Crippen molar-refractivity contribution in [3.05, 3.63) is 71.3 Å². The molecule has 0 aromatic heterocycles. The number of hydrogen-bond donors (Lipinski definition) is 0. The average molecular weight is 377 g/mol. The van der Waals surface area contributed by atoms with Gasteiger partial charge in [-0.1, -0.05) is 30.3 Å². The third kappa shape index (κ3) is 2.88. The second kappa shape index (κ2) is 7.01. The standard InChI is InChI=1S/C24H28N2O2/c1-25(2)19-13-9-17(10-14-19)24(18-11-15-20(16-12-18)26(3)4)22-8-6-5-7-21(22)23(27)28-24/h7,9-16,22H,5-6,8H2,1-4H3. The quantitative estimate of drug-likeness (QED) is 0.743. The molecule has 1 unspecified atom stereocenters. The van der Waals surface area contributed by atoms with Gasteiger partial charge in [0.1, 0.15) is 0 Å². The van der Waals surface area contributed by atoms with Crippen molar-refractivity contribution < 1.29 is 9.53 Å². The largest absolute Gasteiger partial charge is 0.445 e. The Morgan fingerprint density at radius 1 is 0.857 bits per heavy atom. The Balaban J connectivity index is 1.87. The number of fused-ring (bicyclic) bond motifs is 1. The lowest BCUT2D eigenvalue weighted by molar-refractivity contribution is -0.145. The van der Waals surface area contributed by atoms with Gasteiger partial charge >= 0.3 is 5.97 Å². The third-order valence-electron chi connectivity index (χ3n) is 6.04. The van der Waals surface area contributed by atoms with Gasteiger partial charge in [-0.2, -0.15) is 0 Å². The molecule has 1 fully saturated rings. The van der Waals surface area contributed by atoms with Crippen molar-refractivity contribution >= 4 is 17.3 Å². The van der Waals surface area contributed by atoms with E-state index in [4.69, 9.17) is 4.74 Å². The number of cyclic esters (lactones) is 1. The Kier molecular flexibility index (Phi) is 4.66. The first-order valence-corrected chi connectivity index (χ1v) is 9.92. The van der Waals surface area contributed by atoms with E-state index >= 15 is 0 Å². The molecule has 0 amide bonds. The van der Waals surface area contributed by atoms with Crippen LogP contribution in [0, 0.1) is 5.92 Å². The summed E-state index contributed by atoms with van der Waals surface area (Å²) >= 11 is 0. The first-order chi connectivity index (χ1) is 13.4. The van der Waals surface area contributed by atoms with Gasteiger partial charge in [0.25, 0.3) is 0 Å². The topological polar surface area (TPSA) is 32.8 Å². The maximum absolute atomic E-state index is 12.8. The van der Waals surface area contributed by atoms with Crippen molar-refractivity contribution in [2.45, 2.75) is 24.9 Å². The Morgan fingerprint density at radius 2 is 1.36 bits per heavy atom. The average Bonchev–Trinajstić information content (AvgIpc) is 3.02. The molecule has 2 aliphatic rings. The molecule has 1 saturated heterocycles. The van der Waals surface area contributed by atoms with E-state index in [1.165, 1.54) is 0 Å². The molecule has 2 aromatic rings. The number of allylic oxidation sites excluding steroid dienone is 1. The van der Waals surface area contributed by atoms with Gasteiger partial charge in [0, 0.05) is 62.2 Å². The van der Waals surface area contributed by atoms with Crippen molar-refractivity contribution in [3.63, 3.8) is 0 Å². The Morgan fingerprint density at radius 3 is 1.82 bits per heavy atom. The van der Waals surface area contributed by atoms with Crippen molar-refractivity contribution in [2.24, 2.45) is 5.92 Å². The summed E-state index contributed by atoms with van der Waals surface area (Å²) in [6.45, 7) is 0. The van der Waals surface area contributed by atoms with Crippen molar-refractivity contribution in [1.29, 1.82) is 0 Å². The van der Waals surface area contributed by atoms with Crippen LogP contribution >= 0.6 is 0 Å². The van der Waals surface area contributed by atoms with E-state index in [2.05, 4.69) is 64.4 Å². The third-order valence-corrected chi connectivity index (χ3v) is 6.04. The lowest BCUT2D eigenvalue weighted by Crippen LogP contribution is -2.35. The Hall–Kier alpha value is -2.75. The van der Waals surface area contributed by atoms with Gasteiger partial charge in [-0.15, -0.1) is 0 Å². The molecule has 4 rings (SSSR count). The number of anilines is 2. The summed E-state index contributed by atoms with van der Waals surface area (Å²) in [5, 5.41) is 0. The molecule has 4 heteroatoms. The summed E-state index contributed by atoms with van der Waals surface area (Å²) in [6.07, 6.45) is 5.08. The number of ether oxygens (including phenoxy) is 1. The summed E-state index contributed by atoms with van der Waals surface area (Å²) in [6, 6.07) is 16.8. The Bertz CT molecular complexity index is 844. The van der Waals surface area contributed by atoms with Crippen LogP contribution in [0.5, 0.6) is 0 Å². The van der Waals surface area contributed by atoms with E-state index in [0.717, 1.165) is 47.3 Å². The van der Waals surface area contributed by atoms with Gasteiger partial charge in [-0.05, 0) is 43.5 Å². The van der Waals surface area contributed by atoms with Gasteiger partial charge in [0.15, 0.2) is 5.60 Å². The zero-order chi connectivity index (χ0) is 19.9. The van der Waals surface area contributed by atoms with Crippen LogP contribution in [0.4, 0.5) is 11.4 Å². The smallest absolute Gasteiger partial charge is 0.335 e. The predicted molar refractivity (Wildman–Crippen MR) is 114 cm³/mol. The van der Waals surface area contributed by atoms with Crippen LogP contribution in [-0.2, 0) is 15.1 Å². The van der Waals surface area contributed by atoms with Crippen LogP contribution in [0.1, 0.15) is 30.4 Å². The molecule has 1 heterocycles. The molecular formula is C24H28N2O2. The molecule has 1 atom stereocenters. The van der Waals surface area contributed by atoms with Gasteiger partial charge in [0.2, 0.25) is 0 Å². The normalized spacial score (nSPS) is 20.2. The van der Waals surface area contributed by atoms with Gasteiger partial charge in [-0.3, -0.25) is 0 Å². The molecule has 146 valence electrons. The van der Waals surface area contributed by atoms with Crippen LogP contribution < -0.4 is 9.80 Å². The maximum atomic E-state index is 12.8. The number of carbonyl (C=O) groups excluding carboxylic acids is 1. The molecular weight excluding hydrogens is 348 g/mol. The number of benzene rings is 2. The van der Waals surface area contributed by atoms with E-state index < -0.39 is 5.60 Å². The Labute approximate surface area is 167 Å². The molecule has 4 nitrogen and oxygen atoms in total. The van der Waals surface area contributed by atoms with Crippen LogP contribution in [0.2, 0.25) is 0 Å². The molecule has 0 saturated carbocycles. The zero-order valence-corrected chi connectivity index (χ0v) is 17.1. The summed E-state index contributed by atoms with van der Waals surface area (Å²) < 4.78 is 6.23. The molecule has 1 aliphatic carbocycles. The summed E-state index contributed by atoms with van der Waals surface area (Å²) in [5.41, 5.74) is 4.44. The summed E-state index contributed by atoms with van der Waals surface area (Å²) in [5.74, 6) is -0.109. The number of nitrogens with zero attached hydrogens (tertiary/aromatic N) is 2. The first kappa shape index (κ1) is 18.6. The number of rotatable bonds is 4. The van der Waals surface area contributed by atoms with Crippen molar-refractivity contribution in [3.8, 4) is 0 Å². The van der Waals surface area contributed by atoms with Crippen molar-refractivity contribution in [1.82, 2.24) is 0 Å². The number of esters is 1. The fourth-order valence-corrected chi connectivity index (χ4v) is 4.50. The molecule has 0 radical (unpaired) electrons. The molecule has 0 spiro atoms. The zero-order valence-electron chi connectivity index (χ0n) is 17.1. The molecule has 2 aromatic carbocycles. The van der Waals surface area contributed by atoms with Crippen LogP contribution in [0.15, 0.2) is 60.2 Å². The highest BCUT2D eigenvalue weighted by Gasteiger charge is 2.55. The number of carbonyl (C=O) groups is 1. The van der Waals surface area contributed by atoms with Gasteiger partial charge in [0.05, 0.1) is 0 Å². The van der Waals surface area contributed by atoms with Gasteiger partial charge < -0.3 is 14.5 Å². The molecule has 1 aliphatic heterocycles. The van der Waals surface area contributed by atoms with Gasteiger partial charge in [-0.25, -0.2) is 4.79 Å². The molecule has 0 bridgehead atoms. The lowest BCUT2D eigenvalue weighted by Gasteiger charge is -2.36. The summed E-state index contributed by atoms with van der Waals surface area (Å²) in [4.78, 5) is 17.0. The minimum Gasteiger partial charge on any atom is -0.445 e. The van der Waals surface area contributed by atoms with E-state index in [0.29, 0.717) is 0 Å². The SMILES string of the molecule is CN(C)c1ccc(C2(c3ccc(N(C)C)cc3)OC(=O)C3=CCCCC32)cc1. The van der Waals surface area contributed by atoms with Crippen LogP contribution in [-0.4, -0.2) is 34.2 Å². The second-order valence-corrected chi connectivity index (χ2v) is 8.15. The van der Waals surface area contributed by atoms with Crippen LogP contribution in [0.25, 0.3) is 0 Å². The highest BCUT2D eigenvalue weighted by Crippen LogP contribution is 2.53. The van der Waals surface area contributed by atoms with E-state index in [1.54, 1.807) is 0 Å². The van der Waals surface area contributed by atoms with E-state index in [9.17, 15) is 4.79 Å². The fourth-order valence-electron chi connectivity index (χ4n) is 4.50. The number of hydrogen-bond acceptors (Lipinski definition) is 4. The van der Waals surface area contributed by atoms with Crippen molar-refractivity contribution in [2.75, 3.05) is 38.0 Å². The molecule has 0 N–H and O–H groups in total. The minimum absolute atomic E-state index is 0.0594. The lowest BCUT2D eigenvalue weighted by atomic mass is 9.71. The monoisotopic (exact) mass is 376 g/mol. The van der Waals surface area contributed by atoms with Crippen LogP contribution in [0.3, 0.4) is 0 Å². The predicted octanol–water partition coefficient (Wildman–Crippen LogP) is 4.35. The molecule has 28 heavy (non-hydrogen) atoms. The van der Waals surface area contributed by atoms with E-state index in [1.807, 2.05) is 28.2 Å². The maximum Gasteiger partial charge on any atom is 0.335 e. The second-order valence-electron chi connectivity index (χ2n) is 8.15. The highest BCUT2D eigenvalue weighted by atomic mass is 16.6. The minimum atomic E-state index is -0.751.